The largest absolute Gasteiger partial charge is 0.356 e. The third-order valence-electron chi connectivity index (χ3n) is 2.86. The Hall–Kier alpha value is -0.740. The lowest BCUT2D eigenvalue weighted by atomic mass is 10.3. The third-order valence-corrected chi connectivity index (χ3v) is 4.66. The summed E-state index contributed by atoms with van der Waals surface area (Å²) >= 11 is 3.44. The topological polar surface area (TPSA) is 62.2 Å². The van der Waals surface area contributed by atoms with Gasteiger partial charge >= 0.3 is 0 Å². The number of halogens is 1. The summed E-state index contributed by atoms with van der Waals surface area (Å²) in [6, 6.07) is 0. The van der Waals surface area contributed by atoms with Crippen LogP contribution in [-0.2, 0) is 12.8 Å². The van der Waals surface area contributed by atoms with Crippen LogP contribution in [-0.4, -0.2) is 36.1 Å². The molecule has 0 saturated carbocycles. The highest BCUT2D eigenvalue weighted by atomic mass is 127. The number of rotatable bonds is 6. The SMILES string of the molecule is CN=C(NCCc1csc(C)n1)NCCc1ncc(C)s1.I. The fourth-order valence-electron chi connectivity index (χ4n) is 1.86. The maximum absolute atomic E-state index is 4.45. The number of nitrogens with zero attached hydrogens (tertiary/aromatic N) is 3. The van der Waals surface area contributed by atoms with Crippen molar-refractivity contribution in [2.24, 2.45) is 4.99 Å². The molecule has 0 bridgehead atoms. The standard InChI is InChI=1S/C14H21N5S2.HI/c1-10-8-18-13(21-10)5-7-17-14(15-3)16-6-4-12-9-20-11(2)19-12;/h8-9H,4-7H2,1-3H3,(H2,15,16,17);1H. The first-order valence-electron chi connectivity index (χ1n) is 6.94. The summed E-state index contributed by atoms with van der Waals surface area (Å²) in [4.78, 5) is 14.3. The van der Waals surface area contributed by atoms with Crippen LogP contribution in [0.15, 0.2) is 16.6 Å². The zero-order valence-electron chi connectivity index (χ0n) is 13.0. The van der Waals surface area contributed by atoms with E-state index >= 15 is 0 Å². The van der Waals surface area contributed by atoms with E-state index in [1.165, 1.54) is 4.88 Å². The molecular formula is C14H22IN5S2. The zero-order valence-corrected chi connectivity index (χ0v) is 17.0. The van der Waals surface area contributed by atoms with Gasteiger partial charge in [0.05, 0.1) is 15.7 Å². The van der Waals surface area contributed by atoms with Crippen molar-refractivity contribution in [1.29, 1.82) is 0 Å². The molecule has 0 aliphatic carbocycles. The second kappa shape index (κ2) is 10.1. The van der Waals surface area contributed by atoms with Gasteiger partial charge in [0.1, 0.15) is 0 Å². The van der Waals surface area contributed by atoms with E-state index < -0.39 is 0 Å². The number of thiazole rings is 2. The number of aryl methyl sites for hydroxylation is 2. The highest BCUT2D eigenvalue weighted by Crippen LogP contribution is 2.11. The summed E-state index contributed by atoms with van der Waals surface area (Å²) in [5.74, 6) is 0.829. The molecule has 8 heteroatoms. The molecule has 22 heavy (non-hydrogen) atoms. The van der Waals surface area contributed by atoms with Crippen LogP contribution in [0.25, 0.3) is 0 Å². The molecule has 0 aliphatic rings. The van der Waals surface area contributed by atoms with Crippen LogP contribution in [0.5, 0.6) is 0 Å². The molecule has 2 aromatic rings. The fourth-order valence-corrected chi connectivity index (χ4v) is 3.29. The van der Waals surface area contributed by atoms with E-state index in [1.807, 2.05) is 13.1 Å². The van der Waals surface area contributed by atoms with Gasteiger partial charge in [-0.2, -0.15) is 0 Å². The molecule has 2 rings (SSSR count). The second-order valence-electron chi connectivity index (χ2n) is 4.65. The van der Waals surface area contributed by atoms with Crippen LogP contribution in [0.3, 0.4) is 0 Å². The summed E-state index contributed by atoms with van der Waals surface area (Å²) in [5, 5.41) is 11.0. The van der Waals surface area contributed by atoms with Gasteiger partial charge in [-0.3, -0.25) is 4.99 Å². The van der Waals surface area contributed by atoms with Crippen molar-refractivity contribution >= 4 is 52.6 Å². The van der Waals surface area contributed by atoms with Crippen molar-refractivity contribution in [1.82, 2.24) is 20.6 Å². The third kappa shape index (κ3) is 6.57. The van der Waals surface area contributed by atoms with Gasteiger partial charge in [0.25, 0.3) is 0 Å². The molecule has 5 nitrogen and oxygen atoms in total. The molecule has 0 spiro atoms. The molecule has 0 atom stereocenters. The summed E-state index contributed by atoms with van der Waals surface area (Å²) < 4.78 is 0. The first-order chi connectivity index (χ1) is 10.2. The van der Waals surface area contributed by atoms with Gasteiger partial charge in [0.15, 0.2) is 5.96 Å². The van der Waals surface area contributed by atoms with Crippen molar-refractivity contribution < 1.29 is 0 Å². The Morgan fingerprint density at radius 3 is 2.50 bits per heavy atom. The van der Waals surface area contributed by atoms with Crippen molar-refractivity contribution in [3.8, 4) is 0 Å². The van der Waals surface area contributed by atoms with E-state index in [4.69, 9.17) is 0 Å². The van der Waals surface area contributed by atoms with Crippen molar-refractivity contribution in [3.63, 3.8) is 0 Å². The van der Waals surface area contributed by atoms with Gasteiger partial charge < -0.3 is 10.6 Å². The van der Waals surface area contributed by atoms with Crippen LogP contribution in [0.2, 0.25) is 0 Å². The molecule has 0 fully saturated rings. The highest BCUT2D eigenvalue weighted by Gasteiger charge is 2.02. The van der Waals surface area contributed by atoms with Gasteiger partial charge in [-0.15, -0.1) is 46.7 Å². The predicted octanol–water partition coefficient (Wildman–Crippen LogP) is 2.78. The van der Waals surface area contributed by atoms with Gasteiger partial charge in [0, 0.05) is 49.4 Å². The van der Waals surface area contributed by atoms with Crippen molar-refractivity contribution in [3.05, 3.63) is 32.2 Å². The lowest BCUT2D eigenvalue weighted by Gasteiger charge is -2.10. The van der Waals surface area contributed by atoms with Crippen LogP contribution in [0.1, 0.15) is 20.6 Å². The first-order valence-corrected chi connectivity index (χ1v) is 8.64. The minimum absolute atomic E-state index is 0. The van der Waals surface area contributed by atoms with Crippen LogP contribution < -0.4 is 10.6 Å². The number of hydrogen-bond donors (Lipinski definition) is 2. The molecule has 0 unspecified atom stereocenters. The predicted molar refractivity (Wildman–Crippen MR) is 106 cm³/mol. The first kappa shape index (κ1) is 19.3. The monoisotopic (exact) mass is 451 g/mol. The molecule has 122 valence electrons. The molecule has 2 heterocycles. The number of nitrogens with one attached hydrogen (secondary N) is 2. The minimum Gasteiger partial charge on any atom is -0.356 e. The molecule has 2 aromatic heterocycles. The van der Waals surface area contributed by atoms with Gasteiger partial charge in [-0.1, -0.05) is 0 Å². The smallest absolute Gasteiger partial charge is 0.191 e. The summed E-state index contributed by atoms with van der Waals surface area (Å²) in [6.07, 6.45) is 3.75. The molecule has 0 aromatic carbocycles. The Balaban J connectivity index is 0.00000242. The van der Waals surface area contributed by atoms with Crippen molar-refractivity contribution in [2.75, 3.05) is 20.1 Å². The Labute approximate surface area is 156 Å². The zero-order chi connectivity index (χ0) is 15.1. The summed E-state index contributed by atoms with van der Waals surface area (Å²) in [7, 11) is 1.79. The van der Waals surface area contributed by atoms with Gasteiger partial charge in [-0.05, 0) is 13.8 Å². The second-order valence-corrected chi connectivity index (χ2v) is 7.03. The van der Waals surface area contributed by atoms with E-state index in [1.54, 1.807) is 29.7 Å². The molecule has 0 aliphatic heterocycles. The number of guanidine groups is 1. The Bertz CT molecular complexity index is 545. The molecule has 2 N–H and O–H groups in total. The maximum Gasteiger partial charge on any atom is 0.191 e. The van der Waals surface area contributed by atoms with E-state index in [2.05, 4.69) is 37.9 Å². The Morgan fingerprint density at radius 2 is 1.95 bits per heavy atom. The van der Waals surface area contributed by atoms with Crippen LogP contribution >= 0.6 is 46.7 Å². The number of aliphatic imine (C=N–C) groups is 1. The molecule has 0 saturated heterocycles. The summed E-state index contributed by atoms with van der Waals surface area (Å²) in [6.45, 7) is 5.78. The average molecular weight is 451 g/mol. The molecular weight excluding hydrogens is 429 g/mol. The number of hydrogen-bond acceptors (Lipinski definition) is 5. The van der Waals surface area contributed by atoms with E-state index in [0.717, 1.165) is 47.6 Å². The fraction of sp³-hybridized carbons (Fsp3) is 0.500. The maximum atomic E-state index is 4.45. The number of aromatic nitrogens is 2. The average Bonchev–Trinajstić information content (AvgIpc) is 3.06. The molecule has 0 amide bonds. The van der Waals surface area contributed by atoms with Crippen LogP contribution in [0.4, 0.5) is 0 Å². The van der Waals surface area contributed by atoms with E-state index in [0.29, 0.717) is 0 Å². The lowest BCUT2D eigenvalue weighted by Crippen LogP contribution is -2.39. The Morgan fingerprint density at radius 1 is 1.23 bits per heavy atom. The van der Waals surface area contributed by atoms with Crippen LogP contribution in [0, 0.1) is 13.8 Å². The van der Waals surface area contributed by atoms with E-state index in [9.17, 15) is 0 Å². The lowest BCUT2D eigenvalue weighted by molar-refractivity contribution is 0.776. The normalized spacial score (nSPS) is 11.1. The van der Waals surface area contributed by atoms with Gasteiger partial charge in [0.2, 0.25) is 0 Å². The highest BCUT2D eigenvalue weighted by molar-refractivity contribution is 14.0. The van der Waals surface area contributed by atoms with E-state index in [-0.39, 0.29) is 24.0 Å². The minimum atomic E-state index is 0. The quantitative estimate of drug-likeness (QED) is 0.403. The van der Waals surface area contributed by atoms with Crippen molar-refractivity contribution in [2.45, 2.75) is 26.7 Å². The molecule has 0 radical (unpaired) electrons. The Kier molecular flexibility index (Phi) is 8.88. The summed E-state index contributed by atoms with van der Waals surface area (Å²) in [5.41, 5.74) is 1.14. The van der Waals surface area contributed by atoms with Gasteiger partial charge in [-0.25, -0.2) is 9.97 Å².